The Morgan fingerprint density at radius 2 is 1.54 bits per heavy atom. The summed E-state index contributed by atoms with van der Waals surface area (Å²) in [6.07, 6.45) is 0. The van der Waals surface area contributed by atoms with E-state index in [1.165, 1.54) is 11.8 Å². The van der Waals surface area contributed by atoms with Gasteiger partial charge in [-0.3, -0.25) is 4.79 Å². The van der Waals surface area contributed by atoms with Crippen LogP contribution in [0.1, 0.15) is 27.7 Å². The highest BCUT2D eigenvalue weighted by atomic mass is 32.2. The molecule has 2 aromatic rings. The van der Waals surface area contributed by atoms with Crippen LogP contribution in [0.15, 0.2) is 53.4 Å². The zero-order valence-corrected chi connectivity index (χ0v) is 16.3. The molecule has 0 spiro atoms. The van der Waals surface area contributed by atoms with E-state index in [4.69, 9.17) is 4.74 Å². The molecule has 0 saturated carbocycles. The van der Waals surface area contributed by atoms with Gasteiger partial charge in [-0.2, -0.15) is 11.8 Å². The van der Waals surface area contributed by atoms with Gasteiger partial charge < -0.3 is 10.1 Å². The van der Waals surface area contributed by atoms with E-state index < -0.39 is 0 Å². The molecule has 24 heavy (non-hydrogen) atoms. The molecule has 0 aliphatic carbocycles. The van der Waals surface area contributed by atoms with Crippen LogP contribution in [-0.2, 0) is 4.79 Å². The van der Waals surface area contributed by atoms with E-state index in [0.717, 1.165) is 28.0 Å². The first-order valence-electron chi connectivity index (χ1n) is 8.03. The van der Waals surface area contributed by atoms with Gasteiger partial charge in [0.15, 0.2) is 0 Å². The molecule has 0 aromatic heterocycles. The van der Waals surface area contributed by atoms with Crippen LogP contribution in [-0.4, -0.2) is 16.7 Å². The van der Waals surface area contributed by atoms with Gasteiger partial charge in [0.2, 0.25) is 5.91 Å². The molecule has 0 atom stereocenters. The van der Waals surface area contributed by atoms with Gasteiger partial charge in [0, 0.05) is 22.6 Å². The molecule has 3 nitrogen and oxygen atoms in total. The Labute approximate surface area is 153 Å². The second-order valence-corrected chi connectivity index (χ2v) is 7.22. The zero-order chi connectivity index (χ0) is 17.8. The number of amides is 1. The highest BCUT2D eigenvalue weighted by Gasteiger charge is 2.00. The number of thioether (sulfide) groups is 2. The fourth-order valence-electron chi connectivity index (χ4n) is 1.74. The van der Waals surface area contributed by atoms with E-state index in [-0.39, 0.29) is 5.91 Å². The summed E-state index contributed by atoms with van der Waals surface area (Å²) >= 11 is 3.75. The Morgan fingerprint density at radius 3 is 2.04 bits per heavy atom. The molecule has 2 rings (SSSR count). The minimum absolute atomic E-state index is 0.0806. The molecule has 0 radical (unpaired) electrons. The second-order valence-electron chi connectivity index (χ2n) is 4.53. The molecule has 5 heteroatoms. The molecule has 0 aliphatic heterocycles. The number of rotatable bonds is 7. The smallest absolute Gasteiger partial charge is 0.221 e. The predicted molar refractivity (Wildman–Crippen MR) is 107 cm³/mol. The third kappa shape index (κ3) is 7.79. The van der Waals surface area contributed by atoms with E-state index >= 15 is 0 Å². The van der Waals surface area contributed by atoms with Crippen molar-refractivity contribution in [1.29, 1.82) is 0 Å². The van der Waals surface area contributed by atoms with Crippen LogP contribution in [0.3, 0.4) is 0 Å². The summed E-state index contributed by atoms with van der Waals surface area (Å²) in [5.41, 5.74) is 0.764. The van der Waals surface area contributed by atoms with Crippen LogP contribution in [0, 0.1) is 0 Å². The molecule has 0 fully saturated rings. The van der Waals surface area contributed by atoms with Crippen LogP contribution in [0.25, 0.3) is 0 Å². The molecular weight excluding hydrogens is 338 g/mol. The fourth-order valence-corrected chi connectivity index (χ4v) is 3.62. The van der Waals surface area contributed by atoms with Crippen molar-refractivity contribution in [3.63, 3.8) is 0 Å². The van der Waals surface area contributed by atoms with Gasteiger partial charge in [-0.1, -0.05) is 20.8 Å². The van der Waals surface area contributed by atoms with Crippen molar-refractivity contribution < 1.29 is 9.53 Å². The molecule has 0 unspecified atom stereocenters. The minimum atomic E-state index is -0.0806. The summed E-state index contributed by atoms with van der Waals surface area (Å²) in [5, 5.41) is 3.80. The first-order chi connectivity index (χ1) is 11.7. The lowest BCUT2D eigenvalue weighted by molar-refractivity contribution is -0.114. The van der Waals surface area contributed by atoms with Crippen molar-refractivity contribution in [2.45, 2.75) is 32.6 Å². The molecule has 130 valence electrons. The minimum Gasteiger partial charge on any atom is -0.457 e. The number of hydrogen-bond acceptors (Lipinski definition) is 4. The normalized spacial score (nSPS) is 9.67. The van der Waals surface area contributed by atoms with Crippen molar-refractivity contribution in [3.05, 3.63) is 48.5 Å². The first kappa shape index (κ1) is 20.5. The van der Waals surface area contributed by atoms with E-state index in [0.29, 0.717) is 0 Å². The van der Waals surface area contributed by atoms with Crippen LogP contribution >= 0.6 is 23.5 Å². The second kappa shape index (κ2) is 11.9. The summed E-state index contributed by atoms with van der Waals surface area (Å²) in [6, 6.07) is 15.4. The molecule has 0 aliphatic rings. The fraction of sp³-hybridized carbons (Fsp3) is 0.316. The van der Waals surface area contributed by atoms with Gasteiger partial charge in [-0.15, -0.1) is 11.8 Å². The zero-order valence-electron chi connectivity index (χ0n) is 14.7. The Balaban J connectivity index is 0.00000139. The molecule has 0 saturated heterocycles. The Morgan fingerprint density at radius 1 is 1.00 bits per heavy atom. The van der Waals surface area contributed by atoms with Crippen molar-refractivity contribution in [2.24, 2.45) is 0 Å². The lowest BCUT2D eigenvalue weighted by atomic mass is 10.3. The Kier molecular flexibility index (Phi) is 10.1. The number of carbonyl (C=O) groups is 1. The van der Waals surface area contributed by atoms with E-state index in [2.05, 4.69) is 24.4 Å². The number of ether oxygens (including phenoxy) is 1. The van der Waals surface area contributed by atoms with Crippen molar-refractivity contribution in [2.75, 3.05) is 16.2 Å². The average Bonchev–Trinajstić information content (AvgIpc) is 2.60. The molecule has 2 aromatic carbocycles. The summed E-state index contributed by atoms with van der Waals surface area (Å²) in [4.78, 5) is 12.2. The summed E-state index contributed by atoms with van der Waals surface area (Å²) in [6.45, 7) is 7.66. The maximum Gasteiger partial charge on any atom is 0.221 e. The lowest BCUT2D eigenvalue weighted by Crippen LogP contribution is -2.05. The van der Waals surface area contributed by atoms with E-state index in [1.54, 1.807) is 0 Å². The molecule has 0 bridgehead atoms. The quantitative estimate of drug-likeness (QED) is 0.357. The number of nitrogens with one attached hydrogen (secondary N) is 1. The van der Waals surface area contributed by atoms with Gasteiger partial charge in [-0.05, 0) is 54.3 Å². The summed E-state index contributed by atoms with van der Waals surface area (Å²) in [5.74, 6) is 2.61. The van der Waals surface area contributed by atoms with Gasteiger partial charge in [-0.25, -0.2) is 0 Å². The number of anilines is 1. The van der Waals surface area contributed by atoms with Gasteiger partial charge in [0.05, 0.1) is 0 Å². The van der Waals surface area contributed by atoms with Crippen molar-refractivity contribution in [1.82, 2.24) is 0 Å². The third-order valence-corrected chi connectivity index (χ3v) is 4.90. The van der Waals surface area contributed by atoms with Crippen LogP contribution < -0.4 is 10.1 Å². The van der Waals surface area contributed by atoms with Crippen molar-refractivity contribution in [3.8, 4) is 11.5 Å². The predicted octanol–water partition coefficient (Wildman–Crippen LogP) is 6.27. The van der Waals surface area contributed by atoms with E-state index in [1.807, 2.05) is 73.8 Å². The maximum absolute atomic E-state index is 11.0. The van der Waals surface area contributed by atoms with Gasteiger partial charge in [0.25, 0.3) is 0 Å². The highest BCUT2D eigenvalue weighted by molar-refractivity contribution is 8.16. The average molecular weight is 364 g/mol. The standard InChI is InChI=1S/C17H19NO2S2.C2H6/c1-3-21-12-22-17-10-8-16(9-11-17)20-15-6-4-14(5-7-15)18-13(2)19;1-2/h4-11H,3,12H2,1-2H3,(H,18,19);1-2H3. The first-order valence-corrected chi connectivity index (χ1v) is 10.2. The summed E-state index contributed by atoms with van der Waals surface area (Å²) in [7, 11) is 0. The van der Waals surface area contributed by atoms with Gasteiger partial charge in [0.1, 0.15) is 11.5 Å². The SMILES string of the molecule is CC.CCSCSc1ccc(Oc2ccc(NC(C)=O)cc2)cc1. The molecule has 1 amide bonds. The number of carbonyl (C=O) groups excluding carboxylic acids is 1. The van der Waals surface area contributed by atoms with Gasteiger partial charge >= 0.3 is 0 Å². The van der Waals surface area contributed by atoms with Crippen molar-refractivity contribution >= 4 is 35.1 Å². The largest absolute Gasteiger partial charge is 0.457 e. The molecule has 1 N–H and O–H groups in total. The maximum atomic E-state index is 11.0. The van der Waals surface area contributed by atoms with E-state index in [9.17, 15) is 4.79 Å². The monoisotopic (exact) mass is 363 g/mol. The van der Waals surface area contributed by atoms with Crippen LogP contribution in [0.5, 0.6) is 11.5 Å². The lowest BCUT2D eigenvalue weighted by Gasteiger charge is -2.08. The van der Waals surface area contributed by atoms with Crippen LogP contribution in [0.4, 0.5) is 5.69 Å². The molecule has 0 heterocycles. The third-order valence-electron chi connectivity index (χ3n) is 2.75. The topological polar surface area (TPSA) is 38.3 Å². The Hall–Kier alpha value is -1.59. The number of hydrogen-bond donors (Lipinski definition) is 1. The van der Waals surface area contributed by atoms with Crippen LogP contribution in [0.2, 0.25) is 0 Å². The Bertz CT molecular complexity index is 598. The number of benzene rings is 2. The highest BCUT2D eigenvalue weighted by Crippen LogP contribution is 2.27. The molecular formula is C19H25NO2S2. The summed E-state index contributed by atoms with van der Waals surface area (Å²) < 4.78 is 5.79.